The molecule has 82 valence electrons. The lowest BCUT2D eigenvalue weighted by Gasteiger charge is -2.08. The molecule has 2 amide bonds. The third kappa shape index (κ3) is 2.58. The topological polar surface area (TPSA) is 127 Å². The van der Waals surface area contributed by atoms with E-state index >= 15 is 0 Å². The summed E-state index contributed by atoms with van der Waals surface area (Å²) in [4.78, 5) is 10.3. The number of hydrogen-bond acceptors (Lipinski definition) is 5. The number of nitrogen functional groups attached to an aromatic ring is 1. The summed E-state index contributed by atoms with van der Waals surface area (Å²) in [5.74, 6) is 5.12. The van der Waals surface area contributed by atoms with Gasteiger partial charge in [-0.25, -0.2) is 17.9 Å². The first-order valence-electron chi connectivity index (χ1n) is 3.85. The Balaban J connectivity index is 3.20. The quantitative estimate of drug-likeness (QED) is 0.404. The fourth-order valence-electron chi connectivity index (χ4n) is 1.01. The number of carbonyl (C=O) groups is 1. The van der Waals surface area contributed by atoms with E-state index in [1.165, 1.54) is 18.2 Å². The van der Waals surface area contributed by atoms with Crippen molar-refractivity contribution in [2.24, 2.45) is 11.6 Å². The largest absolute Gasteiger partial charge is 0.351 e. The van der Waals surface area contributed by atoms with Crippen molar-refractivity contribution in [1.29, 1.82) is 0 Å². The maximum absolute atomic E-state index is 11.5. The Hall–Kier alpha value is -1.80. The van der Waals surface area contributed by atoms with Crippen molar-refractivity contribution in [3.8, 4) is 0 Å². The van der Waals surface area contributed by atoms with Crippen LogP contribution in [0.25, 0.3) is 0 Å². The number of anilines is 1. The Kier molecular flexibility index (Phi) is 3.12. The first-order valence-corrected chi connectivity index (χ1v) is 5.33. The number of sulfonamides is 1. The summed E-state index contributed by atoms with van der Waals surface area (Å²) in [6, 6.07) is 4.69. The van der Waals surface area contributed by atoms with Crippen LogP contribution in [0.2, 0.25) is 0 Å². The molecular formula is C7H10N4O3S. The van der Waals surface area contributed by atoms with E-state index in [2.05, 4.69) is 5.43 Å². The zero-order chi connectivity index (χ0) is 11.5. The molecule has 0 spiro atoms. The van der Waals surface area contributed by atoms with E-state index in [4.69, 9.17) is 11.6 Å². The molecule has 0 radical (unpaired) electrons. The number of nitrogens with one attached hydrogen (secondary N) is 2. The molecular weight excluding hydrogens is 220 g/mol. The molecule has 0 unspecified atom stereocenters. The molecule has 0 bridgehead atoms. The zero-order valence-corrected chi connectivity index (χ0v) is 8.41. The number of para-hydroxylation sites is 1. The SMILES string of the molecule is NNc1ccccc1S(=O)(=O)NC(N)=O. The molecule has 1 aromatic rings. The molecule has 1 aromatic carbocycles. The number of amides is 2. The molecule has 8 heteroatoms. The highest BCUT2D eigenvalue weighted by Crippen LogP contribution is 2.18. The van der Waals surface area contributed by atoms with Crippen molar-refractivity contribution in [2.75, 3.05) is 5.43 Å². The minimum absolute atomic E-state index is 0.147. The highest BCUT2D eigenvalue weighted by atomic mass is 32.2. The van der Waals surface area contributed by atoms with E-state index in [1.54, 1.807) is 10.8 Å². The van der Waals surface area contributed by atoms with E-state index in [0.29, 0.717) is 0 Å². The molecule has 0 atom stereocenters. The maximum Gasteiger partial charge on any atom is 0.326 e. The number of urea groups is 1. The molecule has 0 aliphatic rings. The van der Waals surface area contributed by atoms with Gasteiger partial charge in [0, 0.05) is 0 Å². The van der Waals surface area contributed by atoms with Gasteiger partial charge in [0.25, 0.3) is 10.0 Å². The molecule has 0 fully saturated rings. The van der Waals surface area contributed by atoms with Crippen molar-refractivity contribution >= 4 is 21.7 Å². The number of rotatable bonds is 3. The lowest BCUT2D eigenvalue weighted by atomic mass is 10.3. The second-order valence-corrected chi connectivity index (χ2v) is 4.26. The van der Waals surface area contributed by atoms with Crippen LogP contribution in [0, 0.1) is 0 Å². The van der Waals surface area contributed by atoms with Crippen LogP contribution in [-0.2, 0) is 10.0 Å². The monoisotopic (exact) mass is 230 g/mol. The van der Waals surface area contributed by atoms with Gasteiger partial charge >= 0.3 is 6.03 Å². The number of benzene rings is 1. The van der Waals surface area contributed by atoms with Crippen molar-refractivity contribution < 1.29 is 13.2 Å². The normalized spacial score (nSPS) is 10.7. The number of carbonyl (C=O) groups excluding carboxylic acids is 1. The van der Waals surface area contributed by atoms with Crippen LogP contribution >= 0.6 is 0 Å². The Morgan fingerprint density at radius 1 is 1.27 bits per heavy atom. The second-order valence-electron chi connectivity index (χ2n) is 2.61. The van der Waals surface area contributed by atoms with Crippen LogP contribution in [0.3, 0.4) is 0 Å². The van der Waals surface area contributed by atoms with Gasteiger partial charge in [-0.15, -0.1) is 0 Å². The molecule has 0 aromatic heterocycles. The third-order valence-electron chi connectivity index (χ3n) is 1.57. The fraction of sp³-hybridized carbons (Fsp3) is 0. The van der Waals surface area contributed by atoms with E-state index in [1.807, 2.05) is 0 Å². The number of hydrazine groups is 1. The smallest absolute Gasteiger partial charge is 0.326 e. The van der Waals surface area contributed by atoms with Crippen LogP contribution in [0.15, 0.2) is 29.2 Å². The van der Waals surface area contributed by atoms with Gasteiger partial charge < -0.3 is 11.2 Å². The number of primary amides is 1. The summed E-state index contributed by atoms with van der Waals surface area (Å²) < 4.78 is 24.7. The van der Waals surface area contributed by atoms with Crippen molar-refractivity contribution in [1.82, 2.24) is 4.72 Å². The molecule has 0 saturated carbocycles. The average molecular weight is 230 g/mol. The van der Waals surface area contributed by atoms with Gasteiger partial charge in [0.15, 0.2) is 0 Å². The summed E-state index contributed by atoms with van der Waals surface area (Å²) in [6.07, 6.45) is 0. The van der Waals surface area contributed by atoms with E-state index in [9.17, 15) is 13.2 Å². The van der Waals surface area contributed by atoms with Crippen LogP contribution in [0.5, 0.6) is 0 Å². The van der Waals surface area contributed by atoms with Gasteiger partial charge in [-0.3, -0.25) is 5.84 Å². The Morgan fingerprint density at radius 3 is 2.40 bits per heavy atom. The highest BCUT2D eigenvalue weighted by molar-refractivity contribution is 7.90. The van der Waals surface area contributed by atoms with Crippen molar-refractivity contribution in [3.63, 3.8) is 0 Å². The van der Waals surface area contributed by atoms with Crippen LogP contribution in [0.4, 0.5) is 10.5 Å². The van der Waals surface area contributed by atoms with E-state index in [0.717, 1.165) is 0 Å². The van der Waals surface area contributed by atoms with Gasteiger partial charge in [-0.1, -0.05) is 12.1 Å². The standard InChI is InChI=1S/C7H10N4O3S/c8-7(12)11-15(13,14)6-4-2-1-3-5(6)10-9/h1-4,10H,9H2,(H3,8,11,12). The summed E-state index contributed by atoms with van der Waals surface area (Å²) in [5.41, 5.74) is 7.10. The first kappa shape index (κ1) is 11.3. The molecule has 0 aliphatic heterocycles. The second kappa shape index (κ2) is 4.15. The average Bonchev–Trinajstić information content (AvgIpc) is 2.16. The lowest BCUT2D eigenvalue weighted by molar-refractivity contribution is 0.253. The molecule has 7 nitrogen and oxygen atoms in total. The number of nitrogens with two attached hydrogens (primary N) is 2. The van der Waals surface area contributed by atoms with Crippen molar-refractivity contribution in [3.05, 3.63) is 24.3 Å². The Labute approximate surface area is 86.5 Å². The van der Waals surface area contributed by atoms with Gasteiger partial charge in [0.05, 0.1) is 5.69 Å². The van der Waals surface area contributed by atoms with Crippen LogP contribution < -0.4 is 21.7 Å². The summed E-state index contributed by atoms with van der Waals surface area (Å²) in [6.45, 7) is 0. The fourth-order valence-corrected chi connectivity index (χ4v) is 2.06. The van der Waals surface area contributed by atoms with Gasteiger partial charge in [0.1, 0.15) is 4.90 Å². The zero-order valence-electron chi connectivity index (χ0n) is 7.60. The first-order chi connectivity index (χ1) is 6.97. The molecule has 0 aliphatic carbocycles. The molecule has 6 N–H and O–H groups in total. The summed E-state index contributed by atoms with van der Waals surface area (Å²) >= 11 is 0. The minimum Gasteiger partial charge on any atom is -0.351 e. The Bertz CT molecular complexity index is 471. The van der Waals surface area contributed by atoms with Crippen molar-refractivity contribution in [2.45, 2.75) is 4.90 Å². The summed E-state index contributed by atoms with van der Waals surface area (Å²) in [7, 11) is -3.97. The highest BCUT2D eigenvalue weighted by Gasteiger charge is 2.18. The van der Waals surface area contributed by atoms with Gasteiger partial charge in [0.2, 0.25) is 0 Å². The summed E-state index contributed by atoms with van der Waals surface area (Å²) in [5, 5.41) is 0. The van der Waals surface area contributed by atoms with E-state index < -0.39 is 16.1 Å². The van der Waals surface area contributed by atoms with Gasteiger partial charge in [-0.2, -0.15) is 0 Å². The third-order valence-corrected chi connectivity index (χ3v) is 2.97. The molecule has 15 heavy (non-hydrogen) atoms. The van der Waals surface area contributed by atoms with Crippen LogP contribution in [0.1, 0.15) is 0 Å². The van der Waals surface area contributed by atoms with E-state index in [-0.39, 0.29) is 10.6 Å². The number of hydrogen-bond donors (Lipinski definition) is 4. The lowest BCUT2D eigenvalue weighted by Crippen LogP contribution is -2.35. The Morgan fingerprint density at radius 2 is 1.87 bits per heavy atom. The minimum atomic E-state index is -3.97. The molecule has 1 rings (SSSR count). The predicted octanol–water partition coefficient (Wildman–Crippen LogP) is -0.671. The molecule has 0 saturated heterocycles. The van der Waals surface area contributed by atoms with Gasteiger partial charge in [-0.05, 0) is 12.1 Å². The van der Waals surface area contributed by atoms with Crippen LogP contribution in [-0.4, -0.2) is 14.4 Å². The predicted molar refractivity (Wildman–Crippen MR) is 54.2 cm³/mol. The maximum atomic E-state index is 11.5. The molecule has 0 heterocycles.